The Morgan fingerprint density at radius 3 is 3.08 bits per heavy atom. The van der Waals surface area contributed by atoms with E-state index in [1.165, 1.54) is 0 Å². The molecule has 70 valence electrons. The zero-order valence-electron chi connectivity index (χ0n) is 6.71. The van der Waals surface area contributed by atoms with Gasteiger partial charge in [0, 0.05) is 5.56 Å². The first-order valence-electron chi connectivity index (χ1n) is 3.93. The summed E-state index contributed by atoms with van der Waals surface area (Å²) in [6.07, 6.45) is -0.586. The summed E-state index contributed by atoms with van der Waals surface area (Å²) in [5.41, 5.74) is 0.678. The van der Waals surface area contributed by atoms with Crippen molar-refractivity contribution < 1.29 is 9.84 Å². The molecule has 1 aromatic rings. The van der Waals surface area contributed by atoms with Crippen LogP contribution in [0.25, 0.3) is 0 Å². The van der Waals surface area contributed by atoms with E-state index < -0.39 is 6.10 Å². The molecule has 0 aromatic heterocycles. The SMILES string of the molecule is OC1c2c(Cl)cccc2OCC1Br. The van der Waals surface area contributed by atoms with Gasteiger partial charge in [-0.05, 0) is 12.1 Å². The summed E-state index contributed by atoms with van der Waals surface area (Å²) in [6.45, 7) is 0.467. The number of rotatable bonds is 0. The molecule has 0 bridgehead atoms. The largest absolute Gasteiger partial charge is 0.492 e. The molecule has 0 saturated heterocycles. The minimum atomic E-state index is -0.586. The van der Waals surface area contributed by atoms with Crippen LogP contribution in [0, 0.1) is 0 Å². The van der Waals surface area contributed by atoms with Crippen LogP contribution in [0.1, 0.15) is 11.7 Å². The minimum Gasteiger partial charge on any atom is -0.492 e. The van der Waals surface area contributed by atoms with Crippen molar-refractivity contribution in [2.45, 2.75) is 10.9 Å². The third kappa shape index (κ3) is 1.56. The number of hydrogen-bond acceptors (Lipinski definition) is 2. The van der Waals surface area contributed by atoms with Gasteiger partial charge in [0.05, 0.1) is 16.0 Å². The second-order valence-corrected chi connectivity index (χ2v) is 4.51. The van der Waals surface area contributed by atoms with Gasteiger partial charge in [0.2, 0.25) is 0 Å². The predicted molar refractivity (Wildman–Crippen MR) is 54.6 cm³/mol. The van der Waals surface area contributed by atoms with Gasteiger partial charge in [0.15, 0.2) is 0 Å². The van der Waals surface area contributed by atoms with E-state index >= 15 is 0 Å². The second-order valence-electron chi connectivity index (χ2n) is 2.92. The van der Waals surface area contributed by atoms with Crippen LogP contribution in [0.2, 0.25) is 5.02 Å². The molecule has 4 heteroatoms. The third-order valence-corrected chi connectivity index (χ3v) is 3.14. The van der Waals surface area contributed by atoms with E-state index in [0.29, 0.717) is 22.9 Å². The molecule has 0 aliphatic carbocycles. The second kappa shape index (κ2) is 3.48. The molecule has 0 amide bonds. The van der Waals surface area contributed by atoms with Gasteiger partial charge in [-0.25, -0.2) is 0 Å². The minimum absolute atomic E-state index is 0.0834. The van der Waals surface area contributed by atoms with E-state index in [-0.39, 0.29) is 4.83 Å². The first-order valence-corrected chi connectivity index (χ1v) is 5.23. The highest BCUT2D eigenvalue weighted by molar-refractivity contribution is 9.09. The van der Waals surface area contributed by atoms with E-state index in [1.54, 1.807) is 6.07 Å². The first-order chi connectivity index (χ1) is 6.20. The van der Waals surface area contributed by atoms with Crippen LogP contribution >= 0.6 is 27.5 Å². The molecule has 1 aliphatic heterocycles. The van der Waals surface area contributed by atoms with E-state index in [9.17, 15) is 5.11 Å². The Morgan fingerprint density at radius 2 is 2.31 bits per heavy atom. The molecule has 0 spiro atoms. The number of benzene rings is 1. The molecule has 0 fully saturated rings. The van der Waals surface area contributed by atoms with Crippen LogP contribution in [0.15, 0.2) is 18.2 Å². The molecular formula is C9H8BrClO2. The lowest BCUT2D eigenvalue weighted by Crippen LogP contribution is -2.26. The van der Waals surface area contributed by atoms with Crippen molar-refractivity contribution in [2.24, 2.45) is 0 Å². The zero-order valence-corrected chi connectivity index (χ0v) is 9.05. The summed E-state index contributed by atoms with van der Waals surface area (Å²) < 4.78 is 5.40. The number of ether oxygens (including phenoxy) is 1. The Kier molecular flexibility index (Phi) is 2.49. The Balaban J connectivity index is 2.51. The van der Waals surface area contributed by atoms with E-state index in [0.717, 1.165) is 0 Å². The average molecular weight is 264 g/mol. The van der Waals surface area contributed by atoms with Crippen molar-refractivity contribution in [3.63, 3.8) is 0 Å². The lowest BCUT2D eigenvalue weighted by Gasteiger charge is -2.27. The zero-order chi connectivity index (χ0) is 9.42. The number of hydrogen-bond donors (Lipinski definition) is 1. The summed E-state index contributed by atoms with van der Waals surface area (Å²) in [6, 6.07) is 5.36. The lowest BCUT2D eigenvalue weighted by atomic mass is 10.0. The van der Waals surface area contributed by atoms with Crippen molar-refractivity contribution in [2.75, 3.05) is 6.61 Å². The first kappa shape index (κ1) is 9.31. The van der Waals surface area contributed by atoms with Crippen LogP contribution in [-0.2, 0) is 0 Å². The van der Waals surface area contributed by atoms with E-state index in [4.69, 9.17) is 16.3 Å². The summed E-state index contributed by atoms with van der Waals surface area (Å²) in [4.78, 5) is -0.0834. The van der Waals surface area contributed by atoms with Gasteiger partial charge in [-0.1, -0.05) is 33.6 Å². The molecule has 1 aliphatic rings. The van der Waals surface area contributed by atoms with Crippen molar-refractivity contribution >= 4 is 27.5 Å². The van der Waals surface area contributed by atoms with Gasteiger partial charge in [-0.3, -0.25) is 0 Å². The lowest BCUT2D eigenvalue weighted by molar-refractivity contribution is 0.125. The average Bonchev–Trinajstić information content (AvgIpc) is 2.12. The number of fused-ring (bicyclic) bond motifs is 1. The number of aliphatic hydroxyl groups excluding tert-OH is 1. The van der Waals surface area contributed by atoms with Crippen molar-refractivity contribution in [1.29, 1.82) is 0 Å². The van der Waals surface area contributed by atoms with Crippen LogP contribution < -0.4 is 4.74 Å². The van der Waals surface area contributed by atoms with Gasteiger partial charge in [-0.15, -0.1) is 0 Å². The number of halogens is 2. The van der Waals surface area contributed by atoms with E-state index in [1.807, 2.05) is 12.1 Å². The molecule has 13 heavy (non-hydrogen) atoms. The molecule has 1 N–H and O–H groups in total. The fourth-order valence-electron chi connectivity index (χ4n) is 1.37. The third-order valence-electron chi connectivity index (χ3n) is 2.05. The smallest absolute Gasteiger partial charge is 0.126 e. The molecule has 1 heterocycles. The molecule has 2 nitrogen and oxygen atoms in total. The highest BCUT2D eigenvalue weighted by Gasteiger charge is 2.29. The van der Waals surface area contributed by atoms with Crippen molar-refractivity contribution in [1.82, 2.24) is 0 Å². The summed E-state index contributed by atoms with van der Waals surface area (Å²) in [5.74, 6) is 0.677. The molecule has 2 rings (SSSR count). The van der Waals surface area contributed by atoms with Crippen LogP contribution in [0.5, 0.6) is 5.75 Å². The Labute approximate surface area is 89.6 Å². The molecule has 2 atom stereocenters. The van der Waals surface area contributed by atoms with Crippen molar-refractivity contribution in [3.8, 4) is 5.75 Å². The van der Waals surface area contributed by atoms with Crippen molar-refractivity contribution in [3.05, 3.63) is 28.8 Å². The standard InChI is InChI=1S/C9H8BrClO2/c10-5-4-13-7-3-1-2-6(11)8(7)9(5)12/h1-3,5,9,12H,4H2. The Morgan fingerprint density at radius 1 is 1.54 bits per heavy atom. The summed E-state index contributed by atoms with van der Waals surface area (Å²) in [5, 5.41) is 10.3. The van der Waals surface area contributed by atoms with Gasteiger partial charge in [-0.2, -0.15) is 0 Å². The number of aliphatic hydroxyl groups is 1. The Hall–Kier alpha value is -0.250. The Bertz CT molecular complexity index is 329. The maximum Gasteiger partial charge on any atom is 0.126 e. The van der Waals surface area contributed by atoms with Gasteiger partial charge >= 0.3 is 0 Å². The predicted octanol–water partition coefficient (Wildman–Crippen LogP) is 2.53. The topological polar surface area (TPSA) is 29.5 Å². The van der Waals surface area contributed by atoms with Gasteiger partial charge < -0.3 is 9.84 Å². The fraction of sp³-hybridized carbons (Fsp3) is 0.333. The van der Waals surface area contributed by atoms with Crippen LogP contribution in [0.4, 0.5) is 0 Å². The van der Waals surface area contributed by atoms with Crippen LogP contribution in [-0.4, -0.2) is 16.5 Å². The van der Waals surface area contributed by atoms with Crippen LogP contribution in [0.3, 0.4) is 0 Å². The van der Waals surface area contributed by atoms with Gasteiger partial charge in [0.25, 0.3) is 0 Å². The normalized spacial score (nSPS) is 26.4. The monoisotopic (exact) mass is 262 g/mol. The highest BCUT2D eigenvalue weighted by Crippen LogP contribution is 2.39. The number of alkyl halides is 1. The van der Waals surface area contributed by atoms with E-state index in [2.05, 4.69) is 15.9 Å². The highest BCUT2D eigenvalue weighted by atomic mass is 79.9. The molecule has 2 unspecified atom stereocenters. The molecular weight excluding hydrogens is 255 g/mol. The molecule has 1 aromatic carbocycles. The summed E-state index contributed by atoms with van der Waals surface area (Å²) in [7, 11) is 0. The molecule has 0 radical (unpaired) electrons. The molecule has 0 saturated carbocycles. The maximum absolute atomic E-state index is 9.80. The fourth-order valence-corrected chi connectivity index (χ4v) is 2.05. The van der Waals surface area contributed by atoms with Gasteiger partial charge in [0.1, 0.15) is 12.4 Å². The summed E-state index contributed by atoms with van der Waals surface area (Å²) >= 11 is 9.27. The quantitative estimate of drug-likeness (QED) is 0.729. The maximum atomic E-state index is 9.80.